The van der Waals surface area contributed by atoms with Crippen LogP contribution in [0.2, 0.25) is 0 Å². The van der Waals surface area contributed by atoms with Crippen LogP contribution >= 0.6 is 0 Å². The van der Waals surface area contributed by atoms with E-state index in [0.717, 1.165) is 27.8 Å². The molecule has 1 amide bonds. The van der Waals surface area contributed by atoms with Gasteiger partial charge in [-0.25, -0.2) is 4.79 Å². The van der Waals surface area contributed by atoms with Gasteiger partial charge in [0.1, 0.15) is 25.4 Å². The number of ether oxygens (including phenoxy) is 3. The number of nitrogens with one attached hydrogen (secondary N) is 1. The lowest BCUT2D eigenvalue weighted by molar-refractivity contribution is 0.0184. The van der Waals surface area contributed by atoms with E-state index in [-0.39, 0.29) is 19.1 Å². The van der Waals surface area contributed by atoms with Gasteiger partial charge in [0.15, 0.2) is 11.5 Å². The van der Waals surface area contributed by atoms with Crippen LogP contribution in [0, 0.1) is 0 Å². The molecule has 0 aromatic heterocycles. The number of aliphatic hydroxyl groups is 2. The number of amides is 1. The third kappa shape index (κ3) is 5.90. The number of aliphatic hydroxyl groups excluding tert-OH is 2. The molecule has 3 N–H and O–H groups in total. The fourth-order valence-corrected chi connectivity index (χ4v) is 4.89. The van der Waals surface area contributed by atoms with Crippen molar-refractivity contribution in [3.8, 4) is 22.6 Å². The molecule has 200 valence electrons. The maximum absolute atomic E-state index is 12.5. The SMILES string of the molecule is COc1cc(C(O)C(O)CNC(=O)OCC2c3ccccc3-c3ccccc32)ccc1OCc1ccccc1. The fourth-order valence-electron chi connectivity index (χ4n) is 4.89. The number of methoxy groups -OCH3 is 1. The van der Waals surface area contributed by atoms with Crippen LogP contribution in [-0.2, 0) is 11.3 Å². The molecular formula is C32H31NO6. The molecule has 7 heteroatoms. The maximum Gasteiger partial charge on any atom is 0.407 e. The summed E-state index contributed by atoms with van der Waals surface area (Å²) >= 11 is 0. The second-order valence-corrected chi connectivity index (χ2v) is 9.40. The van der Waals surface area contributed by atoms with Crippen molar-refractivity contribution in [3.05, 3.63) is 119 Å². The monoisotopic (exact) mass is 525 g/mol. The van der Waals surface area contributed by atoms with Crippen molar-refractivity contribution in [2.45, 2.75) is 24.7 Å². The summed E-state index contributed by atoms with van der Waals surface area (Å²) in [5, 5.41) is 23.8. The lowest BCUT2D eigenvalue weighted by Gasteiger charge is -2.20. The van der Waals surface area contributed by atoms with Gasteiger partial charge < -0.3 is 29.7 Å². The van der Waals surface area contributed by atoms with E-state index in [1.165, 1.54) is 7.11 Å². The highest BCUT2D eigenvalue weighted by atomic mass is 16.5. The van der Waals surface area contributed by atoms with Gasteiger partial charge in [0, 0.05) is 12.5 Å². The second kappa shape index (κ2) is 12.0. The maximum atomic E-state index is 12.5. The van der Waals surface area contributed by atoms with Gasteiger partial charge in [0.2, 0.25) is 0 Å². The molecule has 7 nitrogen and oxygen atoms in total. The molecule has 2 unspecified atom stereocenters. The smallest absolute Gasteiger partial charge is 0.407 e. The fraction of sp³-hybridized carbons (Fsp3) is 0.219. The van der Waals surface area contributed by atoms with E-state index >= 15 is 0 Å². The molecule has 39 heavy (non-hydrogen) atoms. The quantitative estimate of drug-likeness (QED) is 0.263. The van der Waals surface area contributed by atoms with Gasteiger partial charge >= 0.3 is 6.09 Å². The van der Waals surface area contributed by atoms with Crippen molar-refractivity contribution in [2.75, 3.05) is 20.3 Å². The van der Waals surface area contributed by atoms with Gasteiger partial charge in [-0.3, -0.25) is 0 Å². The third-order valence-electron chi connectivity index (χ3n) is 6.93. The Morgan fingerprint density at radius 3 is 2.15 bits per heavy atom. The highest BCUT2D eigenvalue weighted by Crippen LogP contribution is 2.44. The molecule has 4 aromatic rings. The van der Waals surface area contributed by atoms with Crippen LogP contribution in [0.15, 0.2) is 97.1 Å². The van der Waals surface area contributed by atoms with Crippen molar-refractivity contribution < 1.29 is 29.2 Å². The Hall–Kier alpha value is -4.33. The number of hydrogen-bond acceptors (Lipinski definition) is 6. The molecule has 0 heterocycles. The summed E-state index contributed by atoms with van der Waals surface area (Å²) in [4.78, 5) is 12.5. The molecule has 2 atom stereocenters. The predicted molar refractivity (Wildman–Crippen MR) is 148 cm³/mol. The van der Waals surface area contributed by atoms with Crippen LogP contribution in [0.4, 0.5) is 4.79 Å². The Morgan fingerprint density at radius 2 is 1.49 bits per heavy atom. The summed E-state index contributed by atoms with van der Waals surface area (Å²) in [5.74, 6) is 0.886. The van der Waals surface area contributed by atoms with Gasteiger partial charge in [-0.1, -0.05) is 84.9 Å². The van der Waals surface area contributed by atoms with E-state index in [4.69, 9.17) is 14.2 Å². The highest BCUT2D eigenvalue weighted by molar-refractivity contribution is 5.79. The average Bonchev–Trinajstić information content (AvgIpc) is 3.31. The topological polar surface area (TPSA) is 97.2 Å². The summed E-state index contributed by atoms with van der Waals surface area (Å²) in [6.45, 7) is 0.346. The molecular weight excluding hydrogens is 494 g/mol. The zero-order valence-corrected chi connectivity index (χ0v) is 21.6. The summed E-state index contributed by atoms with van der Waals surface area (Å²) in [5.41, 5.74) is 5.97. The van der Waals surface area contributed by atoms with E-state index in [1.54, 1.807) is 18.2 Å². The molecule has 0 aliphatic heterocycles. The van der Waals surface area contributed by atoms with E-state index in [1.807, 2.05) is 66.7 Å². The average molecular weight is 526 g/mol. The number of fused-ring (bicyclic) bond motifs is 3. The minimum atomic E-state index is -1.26. The van der Waals surface area contributed by atoms with Gasteiger partial charge in [0.25, 0.3) is 0 Å². The zero-order chi connectivity index (χ0) is 27.2. The molecule has 0 saturated carbocycles. The van der Waals surface area contributed by atoms with Crippen LogP contribution in [-0.4, -0.2) is 42.7 Å². The predicted octanol–water partition coefficient (Wildman–Crippen LogP) is 5.21. The van der Waals surface area contributed by atoms with Crippen molar-refractivity contribution in [2.24, 2.45) is 0 Å². The number of carbonyl (C=O) groups is 1. The first-order valence-electron chi connectivity index (χ1n) is 12.8. The number of benzene rings is 4. The Labute approximate surface area is 227 Å². The molecule has 0 spiro atoms. The van der Waals surface area contributed by atoms with Crippen molar-refractivity contribution >= 4 is 6.09 Å². The van der Waals surface area contributed by atoms with E-state index in [0.29, 0.717) is 23.7 Å². The second-order valence-electron chi connectivity index (χ2n) is 9.40. The van der Waals surface area contributed by atoms with E-state index in [9.17, 15) is 15.0 Å². The molecule has 0 radical (unpaired) electrons. The minimum Gasteiger partial charge on any atom is -0.493 e. The van der Waals surface area contributed by atoms with Crippen molar-refractivity contribution in [3.63, 3.8) is 0 Å². The van der Waals surface area contributed by atoms with Crippen LogP contribution in [0.1, 0.15) is 34.3 Å². The molecule has 1 aliphatic rings. The largest absolute Gasteiger partial charge is 0.493 e. The Bertz CT molecular complexity index is 1380. The van der Waals surface area contributed by atoms with Gasteiger partial charge in [-0.15, -0.1) is 0 Å². The summed E-state index contributed by atoms with van der Waals surface area (Å²) in [6, 6.07) is 30.9. The minimum absolute atomic E-state index is 0.0613. The van der Waals surface area contributed by atoms with Crippen molar-refractivity contribution in [1.29, 1.82) is 0 Å². The first-order valence-corrected chi connectivity index (χ1v) is 12.8. The molecule has 0 bridgehead atoms. The van der Waals surface area contributed by atoms with Gasteiger partial charge in [-0.2, -0.15) is 0 Å². The number of carbonyl (C=O) groups excluding carboxylic acids is 1. The standard InChI is InChI=1S/C32H31NO6/c1-37-30-17-22(15-16-29(30)38-19-21-9-3-2-4-10-21)31(35)28(34)18-33-32(36)39-20-27-25-13-7-5-11-23(25)24-12-6-8-14-26(24)27/h2-17,27-28,31,34-35H,18-20H2,1H3,(H,33,36). The van der Waals surface area contributed by atoms with Crippen LogP contribution in [0.5, 0.6) is 11.5 Å². The number of rotatable bonds is 10. The Kier molecular flexibility index (Phi) is 8.10. The molecule has 4 aromatic carbocycles. The lowest BCUT2D eigenvalue weighted by Crippen LogP contribution is -2.36. The normalized spacial score (nSPS) is 13.6. The third-order valence-corrected chi connectivity index (χ3v) is 6.93. The molecule has 1 aliphatic carbocycles. The van der Waals surface area contributed by atoms with Crippen LogP contribution in [0.3, 0.4) is 0 Å². The van der Waals surface area contributed by atoms with E-state index in [2.05, 4.69) is 17.4 Å². The molecule has 0 fully saturated rings. The number of alkyl carbamates (subject to hydrolysis) is 1. The summed E-state index contributed by atoms with van der Waals surface area (Å²) in [6.07, 6.45) is -3.17. The molecule has 5 rings (SSSR count). The first kappa shape index (κ1) is 26.3. The zero-order valence-electron chi connectivity index (χ0n) is 21.6. The summed E-state index contributed by atoms with van der Waals surface area (Å²) < 4.78 is 16.8. The first-order chi connectivity index (χ1) is 19.0. The number of hydrogen-bond donors (Lipinski definition) is 3. The van der Waals surface area contributed by atoms with Crippen molar-refractivity contribution in [1.82, 2.24) is 5.32 Å². The van der Waals surface area contributed by atoms with Gasteiger partial charge in [-0.05, 0) is 45.5 Å². The molecule has 0 saturated heterocycles. The Morgan fingerprint density at radius 1 is 0.846 bits per heavy atom. The van der Waals surface area contributed by atoms with Gasteiger partial charge in [0.05, 0.1) is 7.11 Å². The van der Waals surface area contributed by atoms with Crippen LogP contribution < -0.4 is 14.8 Å². The van der Waals surface area contributed by atoms with E-state index < -0.39 is 18.3 Å². The highest BCUT2D eigenvalue weighted by Gasteiger charge is 2.29. The van der Waals surface area contributed by atoms with Crippen LogP contribution in [0.25, 0.3) is 11.1 Å². The lowest BCUT2D eigenvalue weighted by atomic mass is 9.98. The summed E-state index contributed by atoms with van der Waals surface area (Å²) in [7, 11) is 1.51. The Balaban J connectivity index is 1.14.